The van der Waals surface area contributed by atoms with E-state index in [-0.39, 0.29) is 5.91 Å². The van der Waals surface area contributed by atoms with Gasteiger partial charge < -0.3 is 14.8 Å². The molecule has 21 heavy (non-hydrogen) atoms. The highest BCUT2D eigenvalue weighted by molar-refractivity contribution is 9.10. The van der Waals surface area contributed by atoms with E-state index in [9.17, 15) is 4.79 Å². The normalized spacial score (nSPS) is 11.6. The molecule has 1 N–H and O–H groups in total. The Hall–Kier alpha value is -2.01. The van der Waals surface area contributed by atoms with Crippen molar-refractivity contribution in [3.63, 3.8) is 0 Å². The molecule has 0 aliphatic carbocycles. The predicted molar refractivity (Wildman–Crippen MR) is 85.9 cm³/mol. The molecule has 0 heterocycles. The highest BCUT2D eigenvalue weighted by atomic mass is 79.9. The van der Waals surface area contributed by atoms with Crippen LogP contribution in [-0.4, -0.2) is 19.1 Å². The van der Waals surface area contributed by atoms with Crippen molar-refractivity contribution in [2.45, 2.75) is 13.0 Å². The Morgan fingerprint density at radius 1 is 1.10 bits per heavy atom. The molecule has 0 radical (unpaired) electrons. The summed E-state index contributed by atoms with van der Waals surface area (Å²) in [7, 11) is 1.56. The fourth-order valence-corrected chi connectivity index (χ4v) is 2.00. The Kier molecular flexibility index (Phi) is 5.22. The van der Waals surface area contributed by atoms with Gasteiger partial charge in [-0.05, 0) is 43.3 Å². The van der Waals surface area contributed by atoms with Crippen molar-refractivity contribution in [1.82, 2.24) is 0 Å². The summed E-state index contributed by atoms with van der Waals surface area (Å²) in [6.07, 6.45) is -0.634. The smallest absolute Gasteiger partial charge is 0.265 e. The molecule has 0 aromatic heterocycles. The molecule has 0 bridgehead atoms. The lowest BCUT2D eigenvalue weighted by molar-refractivity contribution is -0.122. The van der Waals surface area contributed by atoms with Gasteiger partial charge in [-0.3, -0.25) is 4.79 Å². The number of anilines is 1. The number of amides is 1. The predicted octanol–water partition coefficient (Wildman–Crippen LogP) is 3.86. The minimum atomic E-state index is -0.634. The molecule has 0 spiro atoms. The fourth-order valence-electron chi connectivity index (χ4n) is 1.74. The van der Waals surface area contributed by atoms with E-state index in [0.717, 1.165) is 10.2 Å². The lowest BCUT2D eigenvalue weighted by Gasteiger charge is -2.16. The van der Waals surface area contributed by atoms with Crippen LogP contribution in [-0.2, 0) is 4.79 Å². The number of hydrogen-bond acceptors (Lipinski definition) is 3. The number of carbonyl (C=O) groups excluding carboxylic acids is 1. The van der Waals surface area contributed by atoms with E-state index >= 15 is 0 Å². The number of hydrogen-bond donors (Lipinski definition) is 1. The lowest BCUT2D eigenvalue weighted by atomic mass is 10.3. The van der Waals surface area contributed by atoms with Crippen molar-refractivity contribution in [2.24, 2.45) is 0 Å². The summed E-state index contributed by atoms with van der Waals surface area (Å²) in [6, 6.07) is 14.6. The first-order valence-corrected chi connectivity index (χ1v) is 7.25. The molecule has 0 saturated heterocycles. The number of benzene rings is 2. The Labute approximate surface area is 132 Å². The Bertz CT molecular complexity index is 613. The summed E-state index contributed by atoms with van der Waals surface area (Å²) >= 11 is 3.35. The molecule has 0 aliphatic rings. The van der Waals surface area contributed by atoms with E-state index in [1.165, 1.54) is 0 Å². The average molecular weight is 350 g/mol. The van der Waals surface area contributed by atoms with Crippen LogP contribution in [0.15, 0.2) is 53.0 Å². The molecule has 2 aromatic carbocycles. The highest BCUT2D eigenvalue weighted by Crippen LogP contribution is 2.27. The standard InChI is InChI=1S/C16H16BrNO3/c1-11(21-15-6-4-3-5-14(15)20-2)16(19)18-13-9-7-12(17)8-10-13/h3-11H,1-2H3,(H,18,19)/t11-/m1/s1. The van der Waals surface area contributed by atoms with E-state index < -0.39 is 6.10 Å². The summed E-state index contributed by atoms with van der Waals surface area (Å²) in [6.45, 7) is 1.70. The van der Waals surface area contributed by atoms with Gasteiger partial charge >= 0.3 is 0 Å². The second-order valence-electron chi connectivity index (χ2n) is 4.41. The topological polar surface area (TPSA) is 47.6 Å². The zero-order valence-corrected chi connectivity index (χ0v) is 13.4. The quantitative estimate of drug-likeness (QED) is 0.891. The third-order valence-corrected chi connectivity index (χ3v) is 3.38. The zero-order chi connectivity index (χ0) is 15.2. The number of nitrogens with one attached hydrogen (secondary N) is 1. The third kappa shape index (κ3) is 4.23. The molecule has 1 amide bonds. The van der Waals surface area contributed by atoms with E-state index in [1.807, 2.05) is 36.4 Å². The molecule has 0 fully saturated rings. The van der Waals surface area contributed by atoms with Crippen LogP contribution >= 0.6 is 15.9 Å². The van der Waals surface area contributed by atoms with Gasteiger partial charge in [0.25, 0.3) is 5.91 Å². The molecule has 1 atom stereocenters. The van der Waals surface area contributed by atoms with Gasteiger partial charge in [0.15, 0.2) is 17.6 Å². The fraction of sp³-hybridized carbons (Fsp3) is 0.188. The molecule has 4 nitrogen and oxygen atoms in total. The van der Waals surface area contributed by atoms with Gasteiger partial charge in [-0.2, -0.15) is 0 Å². The van der Waals surface area contributed by atoms with Crippen LogP contribution in [0.3, 0.4) is 0 Å². The van der Waals surface area contributed by atoms with E-state index in [0.29, 0.717) is 11.5 Å². The minimum absolute atomic E-state index is 0.219. The molecule has 0 unspecified atom stereocenters. The maximum atomic E-state index is 12.1. The second kappa shape index (κ2) is 7.13. The first kappa shape index (κ1) is 15.4. The molecule has 2 rings (SSSR count). The van der Waals surface area contributed by atoms with Crippen LogP contribution in [0.2, 0.25) is 0 Å². The second-order valence-corrected chi connectivity index (χ2v) is 5.32. The third-order valence-electron chi connectivity index (χ3n) is 2.85. The maximum Gasteiger partial charge on any atom is 0.265 e. The number of methoxy groups -OCH3 is 1. The molecular weight excluding hydrogens is 334 g/mol. The van der Waals surface area contributed by atoms with Gasteiger partial charge in [0, 0.05) is 10.2 Å². The number of ether oxygens (including phenoxy) is 2. The zero-order valence-electron chi connectivity index (χ0n) is 11.8. The summed E-state index contributed by atoms with van der Waals surface area (Å²) in [5.41, 5.74) is 0.721. The van der Waals surface area contributed by atoms with Crippen molar-refractivity contribution in [1.29, 1.82) is 0 Å². The van der Waals surface area contributed by atoms with Crippen molar-refractivity contribution < 1.29 is 14.3 Å². The molecular formula is C16H16BrNO3. The van der Waals surface area contributed by atoms with Gasteiger partial charge in [0.1, 0.15) is 0 Å². The van der Waals surface area contributed by atoms with Crippen LogP contribution in [0.25, 0.3) is 0 Å². The molecule has 0 saturated carbocycles. The molecule has 110 valence electrons. The molecule has 0 aliphatic heterocycles. The minimum Gasteiger partial charge on any atom is -0.493 e. The summed E-state index contributed by atoms with van der Waals surface area (Å²) < 4.78 is 11.8. The van der Waals surface area contributed by atoms with Crippen LogP contribution in [0.5, 0.6) is 11.5 Å². The van der Waals surface area contributed by atoms with E-state index in [2.05, 4.69) is 21.2 Å². The SMILES string of the molecule is COc1ccccc1O[C@H](C)C(=O)Nc1ccc(Br)cc1. The van der Waals surface area contributed by atoms with Crippen molar-refractivity contribution in [3.8, 4) is 11.5 Å². The van der Waals surface area contributed by atoms with Crippen molar-refractivity contribution in [3.05, 3.63) is 53.0 Å². The monoisotopic (exact) mass is 349 g/mol. The van der Waals surface area contributed by atoms with Gasteiger partial charge in [0.2, 0.25) is 0 Å². The first-order valence-electron chi connectivity index (χ1n) is 6.46. The Morgan fingerprint density at radius 2 is 1.71 bits per heavy atom. The lowest BCUT2D eigenvalue weighted by Crippen LogP contribution is -2.30. The van der Waals surface area contributed by atoms with Gasteiger partial charge in [0.05, 0.1) is 7.11 Å². The number of para-hydroxylation sites is 2. The highest BCUT2D eigenvalue weighted by Gasteiger charge is 2.16. The number of halogens is 1. The van der Waals surface area contributed by atoms with E-state index in [4.69, 9.17) is 9.47 Å². The number of carbonyl (C=O) groups is 1. The summed E-state index contributed by atoms with van der Waals surface area (Å²) in [4.78, 5) is 12.1. The van der Waals surface area contributed by atoms with Gasteiger partial charge in [-0.15, -0.1) is 0 Å². The van der Waals surface area contributed by atoms with Gasteiger partial charge in [-0.25, -0.2) is 0 Å². The average Bonchev–Trinajstić information content (AvgIpc) is 2.50. The van der Waals surface area contributed by atoms with Crippen LogP contribution in [0.1, 0.15) is 6.92 Å². The van der Waals surface area contributed by atoms with Crippen LogP contribution < -0.4 is 14.8 Å². The maximum absolute atomic E-state index is 12.1. The summed E-state index contributed by atoms with van der Waals surface area (Å²) in [5, 5.41) is 2.80. The Balaban J connectivity index is 2.01. The summed E-state index contributed by atoms with van der Waals surface area (Å²) in [5.74, 6) is 0.919. The number of rotatable bonds is 5. The Morgan fingerprint density at radius 3 is 2.33 bits per heavy atom. The van der Waals surface area contributed by atoms with Crippen molar-refractivity contribution >= 4 is 27.5 Å². The van der Waals surface area contributed by atoms with Crippen LogP contribution in [0.4, 0.5) is 5.69 Å². The van der Waals surface area contributed by atoms with E-state index in [1.54, 1.807) is 26.2 Å². The largest absolute Gasteiger partial charge is 0.493 e. The van der Waals surface area contributed by atoms with Crippen LogP contribution in [0, 0.1) is 0 Å². The molecule has 5 heteroatoms. The first-order chi connectivity index (χ1) is 10.1. The van der Waals surface area contributed by atoms with Gasteiger partial charge in [-0.1, -0.05) is 28.1 Å². The van der Waals surface area contributed by atoms with Crippen molar-refractivity contribution in [2.75, 3.05) is 12.4 Å². The molecule has 2 aromatic rings.